The van der Waals surface area contributed by atoms with Crippen molar-refractivity contribution in [2.75, 3.05) is 13.1 Å². The highest BCUT2D eigenvalue weighted by atomic mass is 32.1. The maximum atomic E-state index is 12.4. The van der Waals surface area contributed by atoms with Crippen LogP contribution in [-0.4, -0.2) is 29.1 Å². The average Bonchev–Trinajstić information content (AvgIpc) is 3.22. The Morgan fingerprint density at radius 2 is 2.11 bits per heavy atom. The number of rotatable bonds is 6. The lowest BCUT2D eigenvalue weighted by Crippen LogP contribution is -2.39. The Hall–Kier alpha value is -1.40. The highest BCUT2D eigenvalue weighted by Gasteiger charge is 2.28. The number of nitrogens with zero attached hydrogens (tertiary/aromatic N) is 1. The van der Waals surface area contributed by atoms with Gasteiger partial charge in [0.15, 0.2) is 0 Å². The molecule has 0 bridgehead atoms. The number of carbonyl (C=O) groups is 1. The summed E-state index contributed by atoms with van der Waals surface area (Å²) < 4.78 is 0. The van der Waals surface area contributed by atoms with Gasteiger partial charge in [0.1, 0.15) is 0 Å². The van der Waals surface area contributed by atoms with Crippen LogP contribution in [0, 0.1) is 18.3 Å². The summed E-state index contributed by atoms with van der Waals surface area (Å²) in [6.07, 6.45) is 8.42. The lowest BCUT2D eigenvalue weighted by Gasteiger charge is -2.23. The molecule has 3 heteroatoms. The summed E-state index contributed by atoms with van der Waals surface area (Å²) >= 11 is 4.45. The van der Waals surface area contributed by atoms with Gasteiger partial charge in [0.25, 0.3) is 0 Å². The predicted molar refractivity (Wildman–Crippen MR) is 81.1 cm³/mol. The number of amides is 1. The van der Waals surface area contributed by atoms with Gasteiger partial charge in [0.05, 0.1) is 11.8 Å². The number of carbonyl (C=O) groups excluding carboxylic acids is 1. The topological polar surface area (TPSA) is 20.3 Å². The third kappa shape index (κ3) is 4.33. The normalized spacial score (nSPS) is 15.6. The van der Waals surface area contributed by atoms with Crippen LogP contribution in [0.3, 0.4) is 0 Å². The van der Waals surface area contributed by atoms with E-state index in [1.165, 1.54) is 12.8 Å². The van der Waals surface area contributed by atoms with Crippen LogP contribution in [0.25, 0.3) is 0 Å². The Morgan fingerprint density at radius 1 is 1.42 bits per heavy atom. The second kappa shape index (κ2) is 6.68. The minimum Gasteiger partial charge on any atom is -0.330 e. The Kier molecular flexibility index (Phi) is 4.93. The molecule has 1 saturated carbocycles. The molecule has 1 aliphatic carbocycles. The fourth-order valence-electron chi connectivity index (χ4n) is 2.09. The minimum absolute atomic E-state index is 0.0528. The molecular weight excluding hydrogens is 254 g/mol. The molecule has 1 amide bonds. The van der Waals surface area contributed by atoms with Gasteiger partial charge in [-0.1, -0.05) is 36.3 Å². The quantitative estimate of drug-likeness (QED) is 0.623. The first kappa shape index (κ1) is 14.0. The Bertz CT molecular complexity index is 461. The van der Waals surface area contributed by atoms with Gasteiger partial charge in [-0.3, -0.25) is 4.79 Å². The molecular formula is C16H19NOS. The van der Waals surface area contributed by atoms with E-state index < -0.39 is 0 Å². The lowest BCUT2D eigenvalue weighted by atomic mass is 10.1. The largest absolute Gasteiger partial charge is 0.330 e. The summed E-state index contributed by atoms with van der Waals surface area (Å²) in [5, 5.41) is -0.311. The fourth-order valence-corrected chi connectivity index (χ4v) is 2.46. The molecule has 0 radical (unpaired) electrons. The highest BCUT2D eigenvalue weighted by Crippen LogP contribution is 2.30. The fraction of sp³-hybridized carbons (Fsp3) is 0.438. The van der Waals surface area contributed by atoms with Gasteiger partial charge in [0.2, 0.25) is 5.91 Å². The maximum absolute atomic E-state index is 12.4. The third-order valence-corrected chi connectivity index (χ3v) is 3.73. The van der Waals surface area contributed by atoms with Crippen molar-refractivity contribution < 1.29 is 4.79 Å². The smallest absolute Gasteiger partial charge is 0.236 e. The maximum Gasteiger partial charge on any atom is 0.236 e. The average molecular weight is 273 g/mol. The number of thiol groups is 1. The van der Waals surface area contributed by atoms with Crippen molar-refractivity contribution in [2.24, 2.45) is 5.92 Å². The molecule has 0 heterocycles. The summed E-state index contributed by atoms with van der Waals surface area (Å²) in [6, 6.07) is 9.95. The second-order valence-electron chi connectivity index (χ2n) is 5.07. The molecule has 2 rings (SSSR count). The molecule has 0 saturated heterocycles. The molecule has 0 aliphatic heterocycles. The molecule has 1 aromatic carbocycles. The van der Waals surface area contributed by atoms with Crippen LogP contribution in [0.15, 0.2) is 30.3 Å². The number of hydrogen-bond acceptors (Lipinski definition) is 2. The van der Waals surface area contributed by atoms with Crippen LogP contribution < -0.4 is 0 Å². The van der Waals surface area contributed by atoms with Crippen LogP contribution >= 0.6 is 12.6 Å². The Morgan fingerprint density at radius 3 is 2.68 bits per heavy atom. The van der Waals surface area contributed by atoms with Crippen LogP contribution in [0.5, 0.6) is 0 Å². The van der Waals surface area contributed by atoms with Crippen molar-refractivity contribution in [3.05, 3.63) is 35.9 Å². The summed E-state index contributed by atoms with van der Waals surface area (Å²) in [5.41, 5.74) is 1.13. The molecule has 100 valence electrons. The molecule has 2 nitrogen and oxygen atoms in total. The molecule has 0 spiro atoms. The molecule has 19 heavy (non-hydrogen) atoms. The monoisotopic (exact) mass is 273 g/mol. The van der Waals surface area contributed by atoms with Gasteiger partial charge in [-0.25, -0.2) is 0 Å². The molecule has 1 aromatic rings. The number of terminal acetylenes is 1. The van der Waals surface area contributed by atoms with Crippen molar-refractivity contribution in [2.45, 2.75) is 24.5 Å². The molecule has 1 atom stereocenters. The molecule has 0 N–H and O–H groups in total. The molecule has 1 aliphatic rings. The minimum atomic E-state index is -0.311. The van der Waals surface area contributed by atoms with E-state index in [0.717, 1.165) is 12.1 Å². The lowest BCUT2D eigenvalue weighted by molar-refractivity contribution is -0.130. The van der Waals surface area contributed by atoms with Crippen molar-refractivity contribution in [3.63, 3.8) is 0 Å². The van der Waals surface area contributed by atoms with Gasteiger partial charge < -0.3 is 4.90 Å². The van der Waals surface area contributed by atoms with Crippen LogP contribution in [-0.2, 0) is 11.2 Å². The van der Waals surface area contributed by atoms with Crippen LogP contribution in [0.4, 0.5) is 0 Å². The highest BCUT2D eigenvalue weighted by molar-refractivity contribution is 7.81. The Labute approximate surface area is 120 Å². The van der Waals surface area contributed by atoms with Crippen molar-refractivity contribution in [1.82, 2.24) is 4.90 Å². The van der Waals surface area contributed by atoms with E-state index in [0.29, 0.717) is 18.9 Å². The van der Waals surface area contributed by atoms with E-state index in [1.54, 1.807) is 4.90 Å². The van der Waals surface area contributed by atoms with E-state index in [-0.39, 0.29) is 11.2 Å². The summed E-state index contributed by atoms with van der Waals surface area (Å²) in [4.78, 5) is 14.1. The first-order valence-corrected chi connectivity index (χ1v) is 7.16. The third-order valence-electron chi connectivity index (χ3n) is 3.33. The summed E-state index contributed by atoms with van der Waals surface area (Å²) in [5.74, 6) is 3.27. The zero-order valence-electron chi connectivity index (χ0n) is 11.0. The molecule has 1 unspecified atom stereocenters. The van der Waals surface area contributed by atoms with Crippen molar-refractivity contribution >= 4 is 18.5 Å². The first-order chi connectivity index (χ1) is 9.20. The number of hydrogen-bond donors (Lipinski definition) is 1. The van der Waals surface area contributed by atoms with E-state index >= 15 is 0 Å². The van der Waals surface area contributed by atoms with E-state index in [1.807, 2.05) is 30.3 Å². The van der Waals surface area contributed by atoms with Crippen LogP contribution in [0.2, 0.25) is 0 Å². The predicted octanol–water partition coefficient (Wildman–Crippen LogP) is 2.40. The van der Waals surface area contributed by atoms with Crippen LogP contribution in [0.1, 0.15) is 18.4 Å². The first-order valence-electron chi connectivity index (χ1n) is 6.65. The van der Waals surface area contributed by atoms with Gasteiger partial charge in [-0.15, -0.1) is 6.42 Å². The van der Waals surface area contributed by atoms with E-state index in [4.69, 9.17) is 6.42 Å². The van der Waals surface area contributed by atoms with Gasteiger partial charge in [0, 0.05) is 6.54 Å². The van der Waals surface area contributed by atoms with Gasteiger partial charge in [-0.05, 0) is 30.7 Å². The van der Waals surface area contributed by atoms with E-state index in [9.17, 15) is 4.79 Å². The van der Waals surface area contributed by atoms with Crippen molar-refractivity contribution in [1.29, 1.82) is 0 Å². The van der Waals surface area contributed by atoms with Gasteiger partial charge in [-0.2, -0.15) is 12.6 Å². The second-order valence-corrected chi connectivity index (χ2v) is 5.70. The van der Waals surface area contributed by atoms with E-state index in [2.05, 4.69) is 18.5 Å². The van der Waals surface area contributed by atoms with Crippen molar-refractivity contribution in [3.8, 4) is 12.3 Å². The number of benzene rings is 1. The van der Waals surface area contributed by atoms with Gasteiger partial charge >= 0.3 is 0 Å². The summed E-state index contributed by atoms with van der Waals surface area (Å²) in [6.45, 7) is 1.18. The zero-order chi connectivity index (χ0) is 13.7. The zero-order valence-corrected chi connectivity index (χ0v) is 11.9. The molecule has 0 aromatic heterocycles. The SMILES string of the molecule is C#CCN(CC1CC1)C(=O)C(S)Cc1ccccc1. The summed E-state index contributed by atoms with van der Waals surface area (Å²) in [7, 11) is 0. The Balaban J connectivity index is 1.93. The standard InChI is InChI=1S/C16H19NOS/c1-2-10-17(12-14-8-9-14)16(18)15(19)11-13-6-4-3-5-7-13/h1,3-7,14-15,19H,8-12H2. The molecule has 1 fully saturated rings.